The standard InChI is InChI=1S/C33H24Cl9N3O9S6/c34-16-7-22(37)19(23(38)8-16)13-58-52-31(55)49-4-1-43-28(46)44(2-5-50-32(56)53-59-14-20-24(39)9-17(35)10-25(20)40)30(48)45(29(43)47)3-6-51-33(57)54-60-15-21-26(41)11-18(36)12-27(21)42/h7-12H,1-6,13-15H2. The van der Waals surface area contributed by atoms with Crippen LogP contribution in [-0.2, 0) is 63.7 Å². The zero-order valence-corrected chi connectivity index (χ0v) is 41.4. The highest BCUT2D eigenvalue weighted by atomic mass is 35.5. The minimum absolute atomic E-state index is 0.189. The largest absolute Gasteiger partial charge is 0.454 e. The van der Waals surface area contributed by atoms with Gasteiger partial charge in [-0.2, -0.15) is 0 Å². The van der Waals surface area contributed by atoms with E-state index in [1.165, 1.54) is 36.4 Å². The van der Waals surface area contributed by atoms with Crippen molar-refractivity contribution < 1.29 is 26.8 Å². The van der Waals surface area contributed by atoms with Crippen LogP contribution in [0.4, 0.5) is 0 Å². The number of benzene rings is 3. The molecule has 0 fully saturated rings. The lowest BCUT2D eigenvalue weighted by Gasteiger charge is -2.15. The minimum Gasteiger partial charge on any atom is -0.454 e. The van der Waals surface area contributed by atoms with E-state index in [0.29, 0.717) is 61.9 Å². The first kappa shape index (κ1) is 51.4. The van der Waals surface area contributed by atoms with Gasteiger partial charge in [-0.05, 0) is 36.4 Å². The van der Waals surface area contributed by atoms with Crippen LogP contribution in [-0.4, -0.2) is 49.2 Å². The molecule has 12 nitrogen and oxygen atoms in total. The van der Waals surface area contributed by atoms with Gasteiger partial charge in [-0.3, -0.25) is 0 Å². The number of hydrogen-bond donors (Lipinski definition) is 0. The van der Waals surface area contributed by atoms with Crippen molar-refractivity contribution in [1.29, 1.82) is 0 Å². The van der Waals surface area contributed by atoms with Crippen molar-refractivity contribution in [2.24, 2.45) is 0 Å². The van der Waals surface area contributed by atoms with Gasteiger partial charge in [0, 0.05) is 98.5 Å². The molecule has 3 aromatic carbocycles. The molecule has 0 bridgehead atoms. The molecule has 60 heavy (non-hydrogen) atoms. The number of halogens is 9. The van der Waals surface area contributed by atoms with Gasteiger partial charge in [0.15, 0.2) is 0 Å². The van der Waals surface area contributed by atoms with Crippen LogP contribution >= 0.6 is 177 Å². The molecule has 1 heterocycles. The summed E-state index contributed by atoms with van der Waals surface area (Å²) in [5.41, 5.74) is -1.29. The van der Waals surface area contributed by atoms with E-state index in [-0.39, 0.29) is 72.4 Å². The van der Waals surface area contributed by atoms with E-state index in [4.69, 9.17) is 168 Å². The van der Waals surface area contributed by atoms with Crippen molar-refractivity contribution in [2.75, 3.05) is 19.8 Å². The first-order chi connectivity index (χ1) is 28.5. The number of ether oxygens (including phenoxy) is 3. The lowest BCUT2D eigenvalue weighted by atomic mass is 10.2. The molecular weight excluding hydrogens is 1090 g/mol. The molecule has 0 aliphatic carbocycles. The van der Waals surface area contributed by atoms with E-state index >= 15 is 0 Å². The summed E-state index contributed by atoms with van der Waals surface area (Å²) in [5.74, 6) is 0.566. The van der Waals surface area contributed by atoms with Gasteiger partial charge in [-0.15, -0.1) is 0 Å². The van der Waals surface area contributed by atoms with E-state index in [0.717, 1.165) is 49.8 Å². The first-order valence-electron chi connectivity index (χ1n) is 16.2. The Balaban J connectivity index is 1.39. The predicted octanol–water partition coefficient (Wildman–Crippen LogP) is 11.6. The van der Waals surface area contributed by atoms with Crippen molar-refractivity contribution in [3.63, 3.8) is 0 Å². The maximum atomic E-state index is 13.5. The van der Waals surface area contributed by atoms with E-state index in [1.54, 1.807) is 0 Å². The highest BCUT2D eigenvalue weighted by Gasteiger charge is 2.18. The van der Waals surface area contributed by atoms with E-state index in [1.807, 2.05) is 0 Å². The van der Waals surface area contributed by atoms with Crippen LogP contribution in [0.5, 0.6) is 0 Å². The molecular formula is C33H24Cl9N3O9S6. The number of rotatable bonds is 18. The van der Waals surface area contributed by atoms with Gasteiger partial charge in [-0.1, -0.05) is 104 Å². The van der Waals surface area contributed by atoms with Crippen molar-refractivity contribution in [2.45, 2.75) is 36.9 Å². The second-order valence-electron chi connectivity index (χ2n) is 11.2. The number of thiocarbonyl (C=S) groups is 3. The Morgan fingerprint density at radius 3 is 0.867 bits per heavy atom. The van der Waals surface area contributed by atoms with Crippen LogP contribution < -0.4 is 17.1 Å². The molecule has 4 aromatic rings. The van der Waals surface area contributed by atoms with Gasteiger partial charge in [0.05, 0.1) is 73.0 Å². The summed E-state index contributed by atoms with van der Waals surface area (Å²) in [7, 11) is 0. The third-order valence-electron chi connectivity index (χ3n) is 7.30. The maximum absolute atomic E-state index is 13.5. The van der Waals surface area contributed by atoms with Crippen LogP contribution in [0.1, 0.15) is 16.7 Å². The summed E-state index contributed by atoms with van der Waals surface area (Å²) in [4.78, 5) is 40.6. The van der Waals surface area contributed by atoms with Crippen LogP contribution in [0.2, 0.25) is 45.2 Å². The second kappa shape index (κ2) is 25.3. The minimum atomic E-state index is -0.981. The SMILES string of the molecule is O=c1n(CCOC(=S)OSCc2c(Cl)cc(Cl)cc2Cl)c(=O)n(CCOC(=S)OSCc2c(Cl)cc(Cl)cc2Cl)c(=O)n1CCOC(=S)OSCc1c(Cl)cc(Cl)cc1Cl. The first-order valence-corrected chi connectivity index (χ1v) is 23.6. The van der Waals surface area contributed by atoms with Gasteiger partial charge >= 0.3 is 32.8 Å². The van der Waals surface area contributed by atoms with E-state index in [9.17, 15) is 14.4 Å². The quantitative estimate of drug-likeness (QED) is 0.0693. The normalized spacial score (nSPS) is 10.9. The predicted molar refractivity (Wildman–Crippen MR) is 256 cm³/mol. The summed E-state index contributed by atoms with van der Waals surface area (Å²) < 4.78 is 34.7. The highest BCUT2D eigenvalue weighted by Crippen LogP contribution is 2.34. The molecule has 0 unspecified atom stereocenters. The Morgan fingerprint density at radius 1 is 0.433 bits per heavy atom. The summed E-state index contributed by atoms with van der Waals surface area (Å²) in [6.07, 6.45) is 0. The van der Waals surface area contributed by atoms with Crippen molar-refractivity contribution in [3.8, 4) is 0 Å². The summed E-state index contributed by atoms with van der Waals surface area (Å²) in [5, 5.41) is 2.11. The van der Waals surface area contributed by atoms with Crippen LogP contribution in [0, 0.1) is 0 Å². The van der Waals surface area contributed by atoms with E-state index < -0.39 is 17.1 Å². The molecule has 324 valence electrons. The maximum Gasteiger partial charge on any atom is 0.364 e. The Kier molecular flexibility index (Phi) is 21.7. The van der Waals surface area contributed by atoms with Crippen molar-refractivity contribution in [1.82, 2.24) is 13.7 Å². The van der Waals surface area contributed by atoms with Gasteiger partial charge in [0.25, 0.3) is 0 Å². The average Bonchev–Trinajstić information content (AvgIpc) is 3.15. The highest BCUT2D eigenvalue weighted by molar-refractivity contribution is 7.95. The summed E-state index contributed by atoms with van der Waals surface area (Å²) in [6, 6.07) is 9.16. The van der Waals surface area contributed by atoms with Crippen LogP contribution in [0.3, 0.4) is 0 Å². The number of nitrogens with zero attached hydrogens (tertiary/aromatic N) is 3. The zero-order chi connectivity index (χ0) is 44.1. The fraction of sp³-hybridized carbons (Fsp3) is 0.273. The van der Waals surface area contributed by atoms with Gasteiger partial charge in [0.2, 0.25) is 0 Å². The lowest BCUT2D eigenvalue weighted by molar-refractivity contribution is 0.218. The van der Waals surface area contributed by atoms with Gasteiger partial charge in [-0.25, -0.2) is 28.1 Å². The molecule has 0 N–H and O–H groups in total. The van der Waals surface area contributed by atoms with Gasteiger partial charge < -0.3 is 26.8 Å². The number of hydrogen-bond acceptors (Lipinski definition) is 15. The number of aromatic nitrogens is 3. The molecule has 0 saturated heterocycles. The molecule has 0 spiro atoms. The fourth-order valence-electron chi connectivity index (χ4n) is 4.53. The zero-order valence-electron chi connectivity index (χ0n) is 29.7. The summed E-state index contributed by atoms with van der Waals surface area (Å²) in [6.45, 7) is -2.00. The smallest absolute Gasteiger partial charge is 0.364 e. The lowest BCUT2D eigenvalue weighted by Crippen LogP contribution is -2.55. The Morgan fingerprint density at radius 2 is 0.650 bits per heavy atom. The second-order valence-corrected chi connectivity index (χ2v) is 18.0. The molecule has 0 saturated carbocycles. The molecule has 0 radical (unpaired) electrons. The molecule has 1 aromatic heterocycles. The van der Waals surface area contributed by atoms with Crippen LogP contribution in [0.25, 0.3) is 0 Å². The molecule has 4 rings (SSSR count). The fourth-order valence-corrected chi connectivity index (χ4v) is 10.4. The molecule has 27 heteroatoms. The van der Waals surface area contributed by atoms with Gasteiger partial charge in [0.1, 0.15) is 19.8 Å². The topological polar surface area (TPSA) is 121 Å². The van der Waals surface area contributed by atoms with Crippen molar-refractivity contribution in [3.05, 3.63) is 130 Å². The van der Waals surface area contributed by atoms with E-state index in [2.05, 4.69) is 0 Å². The third kappa shape index (κ3) is 15.5. The van der Waals surface area contributed by atoms with Crippen molar-refractivity contribution >= 4 is 193 Å². The molecule has 0 atom stereocenters. The molecule has 0 amide bonds. The monoisotopic (exact) mass is 1110 g/mol. The summed E-state index contributed by atoms with van der Waals surface area (Å²) >= 11 is 73.2. The Hall–Kier alpha value is -1.20. The van der Waals surface area contributed by atoms with Crippen LogP contribution in [0.15, 0.2) is 50.8 Å². The molecule has 0 aliphatic rings. The molecule has 0 aliphatic heterocycles. The Labute approximate surface area is 415 Å². The average molecular weight is 1120 g/mol. The Bertz CT molecular complexity index is 2060. The third-order valence-corrected chi connectivity index (χ3v) is 12.9.